The molecule has 36 heavy (non-hydrogen) atoms. The van der Waals surface area contributed by atoms with Gasteiger partial charge in [0, 0.05) is 36.3 Å². The van der Waals surface area contributed by atoms with Crippen molar-refractivity contribution < 1.29 is 23.0 Å². The summed E-state index contributed by atoms with van der Waals surface area (Å²) >= 11 is 0. The zero-order valence-corrected chi connectivity index (χ0v) is 19.5. The third-order valence-corrected chi connectivity index (χ3v) is 6.29. The van der Waals surface area contributed by atoms with Crippen LogP contribution in [-0.2, 0) is 10.0 Å². The Hall–Kier alpha value is -4.92. The van der Waals surface area contributed by atoms with Crippen molar-refractivity contribution in [2.75, 3.05) is 4.72 Å². The number of sulfonamides is 1. The number of hydrogen-bond donors (Lipinski definition) is 1. The third kappa shape index (κ3) is 5.10. The number of nitro benzene ring substituents is 2. The van der Waals surface area contributed by atoms with Crippen molar-refractivity contribution in [2.24, 2.45) is 0 Å². The molecule has 2 heterocycles. The summed E-state index contributed by atoms with van der Waals surface area (Å²) in [7, 11) is -4.38. The Kier molecular flexibility index (Phi) is 6.31. The summed E-state index contributed by atoms with van der Waals surface area (Å²) in [6.45, 7) is 2.88. The summed E-state index contributed by atoms with van der Waals surface area (Å²) in [5.41, 5.74) is -1.50. The van der Waals surface area contributed by atoms with Crippen molar-refractivity contribution in [3.8, 4) is 17.4 Å². The van der Waals surface area contributed by atoms with Crippen LogP contribution in [0.2, 0.25) is 0 Å². The van der Waals surface area contributed by atoms with Gasteiger partial charge in [-0.2, -0.15) is 4.98 Å². The quantitative estimate of drug-likeness (QED) is 0.270. The number of hydrogen-bond acceptors (Lipinski definition) is 10. The summed E-state index contributed by atoms with van der Waals surface area (Å²) in [6, 6.07) is 8.90. The highest BCUT2D eigenvalue weighted by atomic mass is 32.2. The number of rotatable bonds is 8. The van der Waals surface area contributed by atoms with Crippen LogP contribution in [0.5, 0.6) is 11.6 Å². The smallest absolute Gasteiger partial charge is 0.280 e. The number of nitrogens with one attached hydrogen (secondary N) is 1. The summed E-state index contributed by atoms with van der Waals surface area (Å²) in [4.78, 5) is 32.7. The molecule has 0 saturated carbocycles. The van der Waals surface area contributed by atoms with E-state index in [0.29, 0.717) is 17.4 Å². The minimum atomic E-state index is -4.38. The molecule has 0 aliphatic heterocycles. The average Bonchev–Trinajstić information content (AvgIpc) is 3.34. The molecule has 4 aromatic rings. The van der Waals surface area contributed by atoms with Gasteiger partial charge >= 0.3 is 0 Å². The molecule has 2 aromatic heterocycles. The van der Waals surface area contributed by atoms with Crippen molar-refractivity contribution in [1.82, 2.24) is 19.5 Å². The summed E-state index contributed by atoms with van der Waals surface area (Å²) < 4.78 is 35.3. The number of anilines is 1. The first kappa shape index (κ1) is 24.2. The van der Waals surface area contributed by atoms with E-state index in [4.69, 9.17) is 4.74 Å². The molecule has 0 unspecified atom stereocenters. The van der Waals surface area contributed by atoms with Crippen LogP contribution >= 0.6 is 0 Å². The lowest BCUT2D eigenvalue weighted by Gasteiger charge is -2.11. The maximum Gasteiger partial charge on any atom is 0.280 e. The van der Waals surface area contributed by atoms with Crippen LogP contribution in [0.25, 0.3) is 5.82 Å². The Morgan fingerprint density at radius 2 is 1.61 bits per heavy atom. The number of nitro groups is 2. The van der Waals surface area contributed by atoms with Crippen LogP contribution in [-0.4, -0.2) is 37.8 Å². The first-order chi connectivity index (χ1) is 17.0. The SMILES string of the molecule is Cc1nc(Oc2ccc(NS(=O)(=O)c3cc([N+](=O)[O-])c(C)c([N+](=O)[O-])c3)cc2)cc(-n2ccnc2)n1. The Bertz CT molecular complexity index is 1540. The minimum Gasteiger partial charge on any atom is -0.439 e. The molecule has 0 aliphatic rings. The summed E-state index contributed by atoms with van der Waals surface area (Å²) in [6.07, 6.45) is 4.89. The fourth-order valence-electron chi connectivity index (χ4n) is 3.22. The van der Waals surface area contributed by atoms with E-state index < -0.39 is 36.1 Å². The molecule has 14 nitrogen and oxygen atoms in total. The van der Waals surface area contributed by atoms with Crippen molar-refractivity contribution >= 4 is 27.1 Å². The molecule has 0 aliphatic carbocycles. The summed E-state index contributed by atoms with van der Waals surface area (Å²) in [5.74, 6) is 1.59. The van der Waals surface area contributed by atoms with E-state index in [-0.39, 0.29) is 17.1 Å². The predicted octanol–water partition coefficient (Wildman–Crippen LogP) is 3.69. The van der Waals surface area contributed by atoms with Gasteiger partial charge in [0.2, 0.25) is 5.88 Å². The van der Waals surface area contributed by atoms with Crippen LogP contribution in [0.1, 0.15) is 11.4 Å². The molecule has 0 fully saturated rings. The second kappa shape index (κ2) is 9.38. The molecule has 0 bridgehead atoms. The molecule has 2 aromatic carbocycles. The number of nitrogens with zero attached hydrogens (tertiary/aromatic N) is 6. The molecule has 0 atom stereocenters. The minimum absolute atomic E-state index is 0.103. The monoisotopic (exact) mass is 511 g/mol. The van der Waals surface area contributed by atoms with Gasteiger partial charge in [0.1, 0.15) is 34.2 Å². The molecular formula is C21H17N7O7S. The third-order valence-electron chi connectivity index (χ3n) is 4.93. The Balaban J connectivity index is 1.56. The molecule has 0 amide bonds. The van der Waals surface area contributed by atoms with E-state index in [9.17, 15) is 28.6 Å². The van der Waals surface area contributed by atoms with E-state index in [1.54, 1.807) is 36.3 Å². The first-order valence-electron chi connectivity index (χ1n) is 10.1. The lowest BCUT2D eigenvalue weighted by atomic mass is 10.1. The highest BCUT2D eigenvalue weighted by Crippen LogP contribution is 2.32. The van der Waals surface area contributed by atoms with Crippen LogP contribution in [0.4, 0.5) is 17.1 Å². The molecular weight excluding hydrogens is 494 g/mol. The number of ether oxygens (including phenoxy) is 1. The maximum atomic E-state index is 12.8. The number of aryl methyl sites for hydroxylation is 1. The highest BCUT2D eigenvalue weighted by Gasteiger charge is 2.28. The normalized spacial score (nSPS) is 11.2. The first-order valence-corrected chi connectivity index (χ1v) is 11.6. The zero-order chi connectivity index (χ0) is 26.0. The molecule has 15 heteroatoms. The zero-order valence-electron chi connectivity index (χ0n) is 18.7. The van der Waals surface area contributed by atoms with E-state index in [0.717, 1.165) is 12.1 Å². The van der Waals surface area contributed by atoms with Crippen molar-refractivity contribution in [3.63, 3.8) is 0 Å². The Labute approximate surface area is 203 Å². The largest absolute Gasteiger partial charge is 0.439 e. The molecule has 0 radical (unpaired) electrons. The second-order valence-corrected chi connectivity index (χ2v) is 9.10. The maximum absolute atomic E-state index is 12.8. The topological polar surface area (TPSA) is 185 Å². The molecule has 1 N–H and O–H groups in total. The van der Waals surface area contributed by atoms with E-state index >= 15 is 0 Å². The molecule has 184 valence electrons. The average molecular weight is 511 g/mol. The van der Waals surface area contributed by atoms with Gasteiger partial charge in [-0.3, -0.25) is 29.5 Å². The van der Waals surface area contributed by atoms with Gasteiger partial charge < -0.3 is 4.74 Å². The number of aromatic nitrogens is 4. The molecule has 0 saturated heterocycles. The van der Waals surface area contributed by atoms with Gasteiger partial charge in [-0.1, -0.05) is 0 Å². The molecule has 4 rings (SSSR count). The van der Waals surface area contributed by atoms with E-state index in [1.165, 1.54) is 31.2 Å². The van der Waals surface area contributed by atoms with Crippen LogP contribution in [0.15, 0.2) is 66.1 Å². The number of imidazole rings is 1. The predicted molar refractivity (Wildman–Crippen MR) is 126 cm³/mol. The standard InChI is InChI=1S/C21H17N7O7S/c1-13-18(27(29)30)9-17(10-19(13)28(31)32)36(33,34)25-15-3-5-16(6-4-15)35-21-11-20(23-14(2)24-21)26-8-7-22-12-26/h3-12,25H,1-2H3. The number of benzene rings is 2. The van der Waals surface area contributed by atoms with Crippen molar-refractivity contribution in [2.45, 2.75) is 18.7 Å². The highest BCUT2D eigenvalue weighted by molar-refractivity contribution is 7.92. The van der Waals surface area contributed by atoms with E-state index in [2.05, 4.69) is 19.7 Å². The van der Waals surface area contributed by atoms with Gasteiger partial charge in [-0.15, -0.1) is 0 Å². The van der Waals surface area contributed by atoms with Gasteiger partial charge in [0.25, 0.3) is 21.4 Å². The summed E-state index contributed by atoms with van der Waals surface area (Å²) in [5, 5.41) is 22.5. The molecule has 0 spiro atoms. The van der Waals surface area contributed by atoms with Crippen molar-refractivity contribution in [1.29, 1.82) is 0 Å². The lowest BCUT2D eigenvalue weighted by molar-refractivity contribution is -0.395. The van der Waals surface area contributed by atoms with Crippen molar-refractivity contribution in [3.05, 3.63) is 92.8 Å². The Morgan fingerprint density at radius 1 is 0.972 bits per heavy atom. The second-order valence-electron chi connectivity index (χ2n) is 7.41. The lowest BCUT2D eigenvalue weighted by Crippen LogP contribution is -2.14. The van der Waals surface area contributed by atoms with Crippen LogP contribution in [0, 0.1) is 34.1 Å². The van der Waals surface area contributed by atoms with Gasteiger partial charge in [0.05, 0.1) is 9.85 Å². The fraction of sp³-hybridized carbons (Fsp3) is 0.0952. The van der Waals surface area contributed by atoms with Gasteiger partial charge in [-0.05, 0) is 38.1 Å². The van der Waals surface area contributed by atoms with Crippen LogP contribution < -0.4 is 9.46 Å². The Morgan fingerprint density at radius 3 is 2.17 bits per heavy atom. The fourth-order valence-corrected chi connectivity index (χ4v) is 4.32. The van der Waals surface area contributed by atoms with E-state index in [1.807, 2.05) is 0 Å². The van der Waals surface area contributed by atoms with Gasteiger partial charge in [-0.25, -0.2) is 18.4 Å². The van der Waals surface area contributed by atoms with Crippen LogP contribution in [0.3, 0.4) is 0 Å². The van der Waals surface area contributed by atoms with Gasteiger partial charge in [0.15, 0.2) is 0 Å².